The van der Waals surface area contributed by atoms with Crippen molar-refractivity contribution in [3.8, 4) is 0 Å². The standard InChI is InChI=1S/C28H32N8O2/c29-25-9-10-27(33-23-7-2-1-3-8-23)34-36(25)26(30)18-21-5-4-6-22(17-21)28-31-19-24(20-32-28)38-16-13-35-11-14-37-15-12-35/h1-10,17,19-20,28-31H,11-16,18H2,(H,33,34). The average Bonchev–Trinajstić information content (AvgIpc) is 2.96. The molecular formula is C28H32N8O2. The van der Waals surface area contributed by atoms with E-state index in [-0.39, 0.29) is 17.5 Å². The van der Waals surface area contributed by atoms with E-state index in [9.17, 15) is 0 Å². The summed E-state index contributed by atoms with van der Waals surface area (Å²) in [5.41, 5.74) is 2.97. The van der Waals surface area contributed by atoms with Gasteiger partial charge < -0.3 is 20.1 Å². The van der Waals surface area contributed by atoms with Gasteiger partial charge in [-0.1, -0.05) is 42.5 Å². The van der Waals surface area contributed by atoms with Crippen molar-refractivity contribution in [3.63, 3.8) is 0 Å². The highest BCUT2D eigenvalue weighted by Gasteiger charge is 2.15. The Morgan fingerprint density at radius 2 is 1.92 bits per heavy atom. The number of aromatic nitrogens is 2. The number of morpholine rings is 1. The number of ether oxygens (including phenoxy) is 2. The van der Waals surface area contributed by atoms with Crippen LogP contribution in [0.3, 0.4) is 0 Å². The highest BCUT2D eigenvalue weighted by Crippen LogP contribution is 2.20. The molecule has 1 fully saturated rings. The van der Waals surface area contributed by atoms with E-state index in [0.717, 1.165) is 49.7 Å². The summed E-state index contributed by atoms with van der Waals surface area (Å²) in [4.78, 5) is 6.95. The van der Waals surface area contributed by atoms with Crippen molar-refractivity contribution in [1.82, 2.24) is 20.0 Å². The lowest BCUT2D eigenvalue weighted by Crippen LogP contribution is -2.38. The van der Waals surface area contributed by atoms with Crippen LogP contribution in [0.25, 0.3) is 0 Å². The second-order valence-electron chi connectivity index (χ2n) is 9.07. The predicted molar refractivity (Wildman–Crippen MR) is 147 cm³/mol. The number of para-hydroxylation sites is 1. The van der Waals surface area contributed by atoms with Crippen LogP contribution in [-0.2, 0) is 15.9 Å². The van der Waals surface area contributed by atoms with Gasteiger partial charge in [-0.05, 0) is 35.4 Å². The van der Waals surface area contributed by atoms with E-state index in [4.69, 9.17) is 20.3 Å². The highest BCUT2D eigenvalue weighted by atomic mass is 16.5. The van der Waals surface area contributed by atoms with Crippen LogP contribution in [0.15, 0.2) is 83.7 Å². The van der Waals surface area contributed by atoms with E-state index >= 15 is 0 Å². The van der Waals surface area contributed by atoms with Gasteiger partial charge in [0.2, 0.25) is 0 Å². The van der Waals surface area contributed by atoms with E-state index in [0.29, 0.717) is 24.6 Å². The molecule has 10 nitrogen and oxygen atoms in total. The number of aliphatic imine (C=N–C) groups is 1. The zero-order valence-corrected chi connectivity index (χ0v) is 21.1. The van der Waals surface area contributed by atoms with Crippen molar-refractivity contribution in [3.05, 3.63) is 95.3 Å². The first-order valence-electron chi connectivity index (χ1n) is 12.7. The van der Waals surface area contributed by atoms with Crippen molar-refractivity contribution in [2.24, 2.45) is 4.99 Å². The number of benzene rings is 2. The molecule has 0 aliphatic carbocycles. The number of nitrogens with one attached hydrogen (secondary N) is 4. The van der Waals surface area contributed by atoms with Crippen LogP contribution in [0.1, 0.15) is 17.3 Å². The fourth-order valence-corrected chi connectivity index (χ4v) is 4.27. The predicted octanol–water partition coefficient (Wildman–Crippen LogP) is 3.04. The molecular weight excluding hydrogens is 480 g/mol. The van der Waals surface area contributed by atoms with Gasteiger partial charge in [-0.2, -0.15) is 4.68 Å². The van der Waals surface area contributed by atoms with Gasteiger partial charge >= 0.3 is 0 Å². The number of hydrogen-bond donors (Lipinski definition) is 4. The largest absolute Gasteiger partial charge is 0.489 e. The molecule has 1 saturated heterocycles. The molecule has 0 amide bonds. The van der Waals surface area contributed by atoms with Crippen LogP contribution >= 0.6 is 0 Å². The Hall–Kier alpha value is -4.28. The average molecular weight is 513 g/mol. The molecule has 1 atom stereocenters. The van der Waals surface area contributed by atoms with Crippen LogP contribution < -0.4 is 16.1 Å². The van der Waals surface area contributed by atoms with Crippen LogP contribution in [0.4, 0.5) is 11.5 Å². The Balaban J connectivity index is 1.17. The summed E-state index contributed by atoms with van der Waals surface area (Å²) < 4.78 is 12.6. The Labute approximate surface area is 221 Å². The first kappa shape index (κ1) is 25.4. The minimum atomic E-state index is -0.230. The Morgan fingerprint density at radius 3 is 2.71 bits per heavy atom. The second kappa shape index (κ2) is 12.3. The SMILES string of the molecule is N=C(Cc1cccc(C2N=CC(OCCN3CCOCC3)=CN2)c1)n1nc(Nc2ccccc2)ccc1=N. The molecule has 10 heteroatoms. The smallest absolute Gasteiger partial charge is 0.152 e. The number of allylic oxidation sites excluding steroid dienone is 1. The minimum absolute atomic E-state index is 0.148. The first-order valence-corrected chi connectivity index (χ1v) is 12.7. The fraction of sp³-hybridized carbons (Fsp3) is 0.286. The van der Waals surface area contributed by atoms with Crippen LogP contribution in [0, 0.1) is 10.8 Å². The summed E-state index contributed by atoms with van der Waals surface area (Å²) in [6.45, 7) is 4.92. The van der Waals surface area contributed by atoms with Gasteiger partial charge in [0.05, 0.1) is 19.4 Å². The van der Waals surface area contributed by atoms with Crippen LogP contribution in [-0.4, -0.2) is 66.2 Å². The molecule has 3 aromatic rings. The van der Waals surface area contributed by atoms with E-state index in [1.807, 2.05) is 60.8 Å². The molecule has 4 N–H and O–H groups in total. The first-order chi connectivity index (χ1) is 18.6. The van der Waals surface area contributed by atoms with Gasteiger partial charge in [0.15, 0.2) is 11.6 Å². The topological polar surface area (TPSA) is 124 Å². The van der Waals surface area contributed by atoms with Crippen molar-refractivity contribution < 1.29 is 9.47 Å². The third kappa shape index (κ3) is 6.72. The second-order valence-corrected chi connectivity index (χ2v) is 9.07. The lowest BCUT2D eigenvalue weighted by molar-refractivity contribution is 0.0284. The fourth-order valence-electron chi connectivity index (χ4n) is 4.27. The van der Waals surface area contributed by atoms with Gasteiger partial charge in [-0.15, -0.1) is 5.10 Å². The van der Waals surface area contributed by atoms with Gasteiger partial charge in [0.1, 0.15) is 24.1 Å². The van der Waals surface area contributed by atoms with Gasteiger partial charge in [-0.3, -0.25) is 20.7 Å². The number of rotatable bonds is 9. The summed E-state index contributed by atoms with van der Waals surface area (Å²) in [5.74, 6) is 1.49. The molecule has 2 aliphatic rings. The van der Waals surface area contributed by atoms with Crippen LogP contribution in [0.5, 0.6) is 0 Å². The zero-order valence-electron chi connectivity index (χ0n) is 21.1. The lowest BCUT2D eigenvalue weighted by atomic mass is 10.1. The normalized spacial score (nSPS) is 17.4. The van der Waals surface area contributed by atoms with Gasteiger partial charge in [-0.25, -0.2) is 0 Å². The Bertz CT molecular complexity index is 1360. The number of anilines is 2. The quantitative estimate of drug-likeness (QED) is 0.258. The number of hydrogen-bond acceptors (Lipinski definition) is 9. The van der Waals surface area contributed by atoms with Crippen molar-refractivity contribution >= 4 is 23.6 Å². The molecule has 0 bridgehead atoms. The molecule has 0 radical (unpaired) electrons. The van der Waals surface area contributed by atoms with E-state index in [1.165, 1.54) is 4.68 Å². The Morgan fingerprint density at radius 1 is 1.08 bits per heavy atom. The molecule has 0 saturated carbocycles. The minimum Gasteiger partial charge on any atom is -0.489 e. The maximum atomic E-state index is 8.64. The highest BCUT2D eigenvalue weighted by molar-refractivity contribution is 5.83. The lowest BCUT2D eigenvalue weighted by Gasteiger charge is -2.26. The van der Waals surface area contributed by atoms with Crippen molar-refractivity contribution in [2.45, 2.75) is 12.6 Å². The van der Waals surface area contributed by atoms with Crippen molar-refractivity contribution in [2.75, 3.05) is 44.8 Å². The molecule has 3 heterocycles. The molecule has 196 valence electrons. The maximum Gasteiger partial charge on any atom is 0.152 e. The van der Waals surface area contributed by atoms with E-state index in [1.54, 1.807) is 18.3 Å². The summed E-state index contributed by atoms with van der Waals surface area (Å²) in [6.07, 6.45) is 3.70. The third-order valence-electron chi connectivity index (χ3n) is 6.29. The molecule has 2 aromatic carbocycles. The third-order valence-corrected chi connectivity index (χ3v) is 6.29. The molecule has 5 rings (SSSR count). The summed E-state index contributed by atoms with van der Waals surface area (Å²) in [7, 11) is 0. The summed E-state index contributed by atoms with van der Waals surface area (Å²) >= 11 is 0. The molecule has 38 heavy (non-hydrogen) atoms. The van der Waals surface area contributed by atoms with Gasteiger partial charge in [0.25, 0.3) is 0 Å². The van der Waals surface area contributed by atoms with E-state index in [2.05, 4.69) is 25.6 Å². The zero-order chi connectivity index (χ0) is 26.2. The molecule has 2 aliphatic heterocycles. The summed E-state index contributed by atoms with van der Waals surface area (Å²) in [6, 6.07) is 21.0. The van der Waals surface area contributed by atoms with Gasteiger partial charge in [0, 0.05) is 37.9 Å². The maximum absolute atomic E-state index is 8.64. The monoisotopic (exact) mass is 512 g/mol. The van der Waals surface area contributed by atoms with Crippen molar-refractivity contribution in [1.29, 1.82) is 10.8 Å². The number of nitrogens with zero attached hydrogens (tertiary/aromatic N) is 4. The Kier molecular flexibility index (Phi) is 8.22. The molecule has 1 unspecified atom stereocenters. The molecule has 1 aromatic heterocycles. The van der Waals surface area contributed by atoms with Crippen LogP contribution in [0.2, 0.25) is 0 Å². The summed E-state index contributed by atoms with van der Waals surface area (Å²) in [5, 5.41) is 27.9. The van der Waals surface area contributed by atoms with E-state index < -0.39 is 0 Å². The molecule has 0 spiro atoms.